The van der Waals surface area contributed by atoms with Crippen LogP contribution in [-0.2, 0) is 4.74 Å². The van der Waals surface area contributed by atoms with Crippen LogP contribution < -0.4 is 4.90 Å². The Labute approximate surface area is 150 Å². The number of anilines is 1. The molecule has 0 bridgehead atoms. The predicted molar refractivity (Wildman–Crippen MR) is 102 cm³/mol. The van der Waals surface area contributed by atoms with Gasteiger partial charge in [0.1, 0.15) is 5.82 Å². The van der Waals surface area contributed by atoms with Crippen molar-refractivity contribution in [2.24, 2.45) is 5.92 Å². The molecule has 0 spiro atoms. The van der Waals surface area contributed by atoms with Crippen LogP contribution in [0.1, 0.15) is 29.8 Å². The van der Waals surface area contributed by atoms with Gasteiger partial charge in [-0.3, -0.25) is 0 Å². The minimum atomic E-state index is 0.678. The summed E-state index contributed by atoms with van der Waals surface area (Å²) in [4.78, 5) is 9.56. The maximum atomic E-state index is 5.23. The van der Waals surface area contributed by atoms with Crippen molar-refractivity contribution in [1.29, 1.82) is 0 Å². The van der Waals surface area contributed by atoms with Gasteiger partial charge in [-0.25, -0.2) is 4.98 Å². The fourth-order valence-corrected chi connectivity index (χ4v) is 3.81. The fraction of sp³-hybridized carbons (Fsp3) is 0.684. The molecule has 2 aromatic rings. The molecule has 3 rings (SSSR count). The maximum absolute atomic E-state index is 5.23. The normalized spacial score (nSPS) is 18.8. The largest absolute Gasteiger partial charge is 0.383 e. The molecule has 1 aliphatic heterocycles. The molecule has 0 aromatic carbocycles. The minimum absolute atomic E-state index is 0.678. The highest BCUT2D eigenvalue weighted by molar-refractivity contribution is 5.56. The van der Waals surface area contributed by atoms with E-state index in [1.165, 1.54) is 24.9 Å². The zero-order valence-corrected chi connectivity index (χ0v) is 16.2. The third kappa shape index (κ3) is 3.96. The lowest BCUT2D eigenvalue weighted by Gasteiger charge is -2.35. The number of likely N-dealkylation sites (tertiary alicyclic amines) is 1. The molecule has 1 fully saturated rings. The molecule has 6 heteroatoms. The highest BCUT2D eigenvalue weighted by atomic mass is 16.5. The highest BCUT2D eigenvalue weighted by Gasteiger charge is 2.22. The van der Waals surface area contributed by atoms with Gasteiger partial charge in [0.05, 0.1) is 12.3 Å². The molecule has 0 unspecified atom stereocenters. The molecule has 1 atom stereocenters. The Bertz CT molecular complexity index is 726. The molecule has 3 heterocycles. The highest BCUT2D eigenvalue weighted by Crippen LogP contribution is 2.23. The van der Waals surface area contributed by atoms with Crippen molar-refractivity contribution in [2.45, 2.75) is 33.6 Å². The van der Waals surface area contributed by atoms with Gasteiger partial charge < -0.3 is 14.5 Å². The Balaban J connectivity index is 1.76. The molecule has 6 nitrogen and oxygen atoms in total. The number of ether oxygens (including phenoxy) is 1. The molecule has 0 saturated carbocycles. The van der Waals surface area contributed by atoms with E-state index in [0.29, 0.717) is 5.92 Å². The average molecular weight is 345 g/mol. The van der Waals surface area contributed by atoms with Crippen molar-refractivity contribution in [3.05, 3.63) is 23.0 Å². The van der Waals surface area contributed by atoms with E-state index in [-0.39, 0.29) is 0 Å². The molecule has 25 heavy (non-hydrogen) atoms. The fourth-order valence-electron chi connectivity index (χ4n) is 3.81. The summed E-state index contributed by atoms with van der Waals surface area (Å²) in [7, 11) is 3.95. The number of nitrogens with zero attached hydrogens (tertiary/aromatic N) is 5. The van der Waals surface area contributed by atoms with Crippen molar-refractivity contribution in [3.8, 4) is 0 Å². The molecular weight excluding hydrogens is 314 g/mol. The Kier molecular flexibility index (Phi) is 5.59. The molecule has 138 valence electrons. The van der Waals surface area contributed by atoms with Crippen LogP contribution in [0.5, 0.6) is 0 Å². The molecular formula is C19H31N5O. The summed E-state index contributed by atoms with van der Waals surface area (Å²) in [6.07, 6.45) is 2.56. The third-order valence-corrected chi connectivity index (χ3v) is 5.30. The lowest BCUT2D eigenvalue weighted by atomic mass is 9.97. The number of hydrogen-bond donors (Lipinski definition) is 0. The summed E-state index contributed by atoms with van der Waals surface area (Å²) in [6, 6.07) is 2.14. The van der Waals surface area contributed by atoms with Crippen molar-refractivity contribution in [3.63, 3.8) is 0 Å². The Hall–Kier alpha value is -1.66. The first-order valence-electron chi connectivity index (χ1n) is 9.25. The van der Waals surface area contributed by atoms with Gasteiger partial charge in [0, 0.05) is 51.1 Å². The van der Waals surface area contributed by atoms with Crippen LogP contribution in [0, 0.1) is 26.7 Å². The summed E-state index contributed by atoms with van der Waals surface area (Å²) >= 11 is 0. The van der Waals surface area contributed by atoms with E-state index in [1.807, 2.05) is 4.52 Å². The van der Waals surface area contributed by atoms with Gasteiger partial charge in [-0.05, 0) is 46.1 Å². The average Bonchev–Trinajstić information content (AvgIpc) is 2.87. The lowest BCUT2D eigenvalue weighted by Crippen LogP contribution is -2.41. The van der Waals surface area contributed by atoms with Crippen LogP contribution in [0.25, 0.3) is 5.65 Å². The Morgan fingerprint density at radius 2 is 2.12 bits per heavy atom. The van der Waals surface area contributed by atoms with E-state index in [9.17, 15) is 0 Å². The molecule has 1 saturated heterocycles. The lowest BCUT2D eigenvalue weighted by molar-refractivity contribution is 0.116. The Morgan fingerprint density at radius 1 is 1.32 bits per heavy atom. The number of hydrogen-bond acceptors (Lipinski definition) is 5. The number of aryl methyl sites for hydroxylation is 3. The van der Waals surface area contributed by atoms with E-state index in [0.717, 1.165) is 49.1 Å². The first-order valence-corrected chi connectivity index (χ1v) is 9.25. The zero-order chi connectivity index (χ0) is 18.0. The number of piperidine rings is 1. The summed E-state index contributed by atoms with van der Waals surface area (Å²) in [5.41, 5.74) is 4.24. The molecule has 0 amide bonds. The minimum Gasteiger partial charge on any atom is -0.383 e. The van der Waals surface area contributed by atoms with Crippen LogP contribution in [0.15, 0.2) is 6.07 Å². The van der Waals surface area contributed by atoms with E-state index in [4.69, 9.17) is 9.84 Å². The van der Waals surface area contributed by atoms with Gasteiger partial charge >= 0.3 is 0 Å². The summed E-state index contributed by atoms with van der Waals surface area (Å²) in [5.74, 6) is 1.81. The first kappa shape index (κ1) is 18.1. The van der Waals surface area contributed by atoms with Crippen molar-refractivity contribution < 1.29 is 4.74 Å². The van der Waals surface area contributed by atoms with Crippen LogP contribution in [0.3, 0.4) is 0 Å². The maximum Gasteiger partial charge on any atom is 0.160 e. The third-order valence-electron chi connectivity index (χ3n) is 5.30. The van der Waals surface area contributed by atoms with Crippen molar-refractivity contribution in [2.75, 3.05) is 51.8 Å². The standard InChI is InChI=1S/C19H31N5O/c1-14-11-18(24-19(20-14)15(2)16(3)21-24)22(4)12-17-7-6-8-23(13-17)9-10-25-5/h11,17H,6-10,12-13H2,1-5H3/t17-/m0/s1. The van der Waals surface area contributed by atoms with Gasteiger partial charge in [-0.15, -0.1) is 0 Å². The Morgan fingerprint density at radius 3 is 2.88 bits per heavy atom. The number of fused-ring (bicyclic) bond motifs is 1. The van der Waals surface area contributed by atoms with Gasteiger partial charge in [0.2, 0.25) is 0 Å². The zero-order valence-electron chi connectivity index (χ0n) is 16.2. The first-order chi connectivity index (χ1) is 12.0. The van der Waals surface area contributed by atoms with Crippen LogP contribution in [-0.4, -0.2) is 66.4 Å². The molecule has 1 aliphatic rings. The second-order valence-electron chi connectivity index (χ2n) is 7.38. The van der Waals surface area contributed by atoms with Gasteiger partial charge in [-0.2, -0.15) is 9.61 Å². The second kappa shape index (κ2) is 7.70. The molecule has 0 aliphatic carbocycles. The van der Waals surface area contributed by atoms with Crippen LogP contribution in [0.2, 0.25) is 0 Å². The summed E-state index contributed by atoms with van der Waals surface area (Å²) in [5, 5.41) is 4.71. The van der Waals surface area contributed by atoms with E-state index < -0.39 is 0 Å². The van der Waals surface area contributed by atoms with Gasteiger partial charge in [0.15, 0.2) is 5.65 Å². The second-order valence-corrected chi connectivity index (χ2v) is 7.38. The van der Waals surface area contributed by atoms with Crippen molar-refractivity contribution >= 4 is 11.5 Å². The molecule has 0 N–H and O–H groups in total. The number of methoxy groups -OCH3 is 1. The number of rotatable bonds is 6. The quantitative estimate of drug-likeness (QED) is 0.805. The summed E-state index contributed by atoms with van der Waals surface area (Å²) < 4.78 is 7.24. The van der Waals surface area contributed by atoms with E-state index in [1.54, 1.807) is 7.11 Å². The smallest absolute Gasteiger partial charge is 0.160 e. The SMILES string of the molecule is COCCN1CCC[C@@H](CN(C)c2cc(C)nc3c(C)c(C)nn23)C1. The monoisotopic (exact) mass is 345 g/mol. The summed E-state index contributed by atoms with van der Waals surface area (Å²) in [6.45, 7) is 11.5. The van der Waals surface area contributed by atoms with Gasteiger partial charge in [-0.1, -0.05) is 0 Å². The predicted octanol–water partition coefficient (Wildman–Crippen LogP) is 2.45. The van der Waals surface area contributed by atoms with Crippen molar-refractivity contribution in [1.82, 2.24) is 19.5 Å². The van der Waals surface area contributed by atoms with E-state index in [2.05, 4.69) is 48.7 Å². The number of aromatic nitrogens is 3. The van der Waals surface area contributed by atoms with E-state index >= 15 is 0 Å². The molecule has 2 aromatic heterocycles. The van der Waals surface area contributed by atoms with Crippen LogP contribution in [0.4, 0.5) is 5.82 Å². The topological polar surface area (TPSA) is 45.9 Å². The van der Waals surface area contributed by atoms with Gasteiger partial charge in [0.25, 0.3) is 0 Å². The van der Waals surface area contributed by atoms with Crippen LogP contribution >= 0.6 is 0 Å². The molecule has 0 radical (unpaired) electrons.